The van der Waals surface area contributed by atoms with E-state index in [2.05, 4.69) is 21.8 Å². The van der Waals surface area contributed by atoms with Crippen molar-refractivity contribution in [1.82, 2.24) is 19.8 Å². The predicted octanol–water partition coefficient (Wildman–Crippen LogP) is 3.46. The molecule has 8 nitrogen and oxygen atoms in total. The van der Waals surface area contributed by atoms with E-state index in [-0.39, 0.29) is 13.0 Å². The first-order valence-electron chi connectivity index (χ1n) is 13.3. The molecular formula is C28H36FN5O3. The Morgan fingerprint density at radius 3 is 2.46 bits per heavy atom. The summed E-state index contributed by atoms with van der Waals surface area (Å²) in [5.41, 5.74) is 7.70. The number of carbonyl (C=O) groups excluding carboxylic acids is 2. The number of amides is 2. The van der Waals surface area contributed by atoms with Crippen LogP contribution in [0.1, 0.15) is 55.8 Å². The van der Waals surface area contributed by atoms with Gasteiger partial charge < -0.3 is 20.3 Å². The minimum atomic E-state index is -1.25. The maximum absolute atomic E-state index is 13.8. The molecule has 2 N–H and O–H groups in total. The second-order valence-corrected chi connectivity index (χ2v) is 11.2. The monoisotopic (exact) mass is 509 g/mol. The molecule has 2 aromatic rings. The Kier molecular flexibility index (Phi) is 7.42. The zero-order valence-corrected chi connectivity index (χ0v) is 21.4. The van der Waals surface area contributed by atoms with E-state index in [1.807, 2.05) is 0 Å². The SMILES string of the molecule is CC1(CN2CCC(COc3cnc(-c4ccc(C(=O)N5C[C@@H](F)C[C@H]5C(N)=O)cc4)cn3)CC2)CCC1. The Labute approximate surface area is 217 Å². The number of nitrogens with two attached hydrogens (primary N) is 1. The number of likely N-dealkylation sites (tertiary alicyclic amines) is 2. The van der Waals surface area contributed by atoms with Gasteiger partial charge in [0.25, 0.3) is 5.91 Å². The van der Waals surface area contributed by atoms with Gasteiger partial charge in [0.2, 0.25) is 11.8 Å². The highest BCUT2D eigenvalue weighted by Crippen LogP contribution is 2.41. The van der Waals surface area contributed by atoms with Crippen LogP contribution < -0.4 is 10.5 Å². The second kappa shape index (κ2) is 10.7. The summed E-state index contributed by atoms with van der Waals surface area (Å²) in [7, 11) is 0. The van der Waals surface area contributed by atoms with Gasteiger partial charge in [0, 0.05) is 24.1 Å². The molecule has 2 aliphatic heterocycles. The molecule has 0 unspecified atom stereocenters. The molecule has 3 fully saturated rings. The van der Waals surface area contributed by atoms with Crippen LogP contribution in [0.25, 0.3) is 11.3 Å². The number of nitrogens with zero attached hydrogens (tertiary/aromatic N) is 4. The number of ether oxygens (including phenoxy) is 1. The largest absolute Gasteiger partial charge is 0.476 e. The third-order valence-electron chi connectivity index (χ3n) is 8.24. The number of benzene rings is 1. The van der Waals surface area contributed by atoms with Gasteiger partial charge in [0.1, 0.15) is 12.2 Å². The minimum absolute atomic E-state index is 0.0537. The average molecular weight is 510 g/mol. The van der Waals surface area contributed by atoms with E-state index >= 15 is 0 Å². The maximum Gasteiger partial charge on any atom is 0.254 e. The lowest BCUT2D eigenvalue weighted by Gasteiger charge is -2.44. The molecule has 2 amide bonds. The fourth-order valence-electron chi connectivity index (χ4n) is 5.76. The fraction of sp³-hybridized carbons (Fsp3) is 0.571. The summed E-state index contributed by atoms with van der Waals surface area (Å²) in [6.45, 7) is 6.45. The van der Waals surface area contributed by atoms with E-state index in [1.165, 1.54) is 30.7 Å². The quantitative estimate of drug-likeness (QED) is 0.585. The van der Waals surface area contributed by atoms with Gasteiger partial charge in [-0.25, -0.2) is 14.4 Å². The fourth-order valence-corrected chi connectivity index (χ4v) is 5.76. The Balaban J connectivity index is 1.11. The normalized spacial score (nSPS) is 24.0. The van der Waals surface area contributed by atoms with Crippen LogP contribution in [0, 0.1) is 11.3 Å². The van der Waals surface area contributed by atoms with Crippen molar-refractivity contribution in [3.05, 3.63) is 42.2 Å². The van der Waals surface area contributed by atoms with Gasteiger partial charge in [-0.3, -0.25) is 9.59 Å². The summed E-state index contributed by atoms with van der Waals surface area (Å²) in [6.07, 6.45) is 8.40. The molecule has 37 heavy (non-hydrogen) atoms. The highest BCUT2D eigenvalue weighted by molar-refractivity contribution is 5.98. The topological polar surface area (TPSA) is 102 Å². The Hall–Kier alpha value is -3.07. The summed E-state index contributed by atoms with van der Waals surface area (Å²) in [5, 5.41) is 0. The first-order chi connectivity index (χ1) is 17.8. The van der Waals surface area contributed by atoms with Crippen molar-refractivity contribution in [1.29, 1.82) is 0 Å². The molecule has 2 saturated heterocycles. The molecule has 1 aromatic heterocycles. The zero-order valence-electron chi connectivity index (χ0n) is 21.4. The van der Waals surface area contributed by atoms with Gasteiger partial charge in [-0.15, -0.1) is 0 Å². The second-order valence-electron chi connectivity index (χ2n) is 11.2. The van der Waals surface area contributed by atoms with Crippen LogP contribution in [0.5, 0.6) is 5.88 Å². The standard InChI is InChI=1S/C28H36FN5O3/c1-28(9-2-10-28)18-33-11-7-19(8-12-33)17-37-25-15-31-23(14-32-25)20-3-5-21(6-4-20)27(36)34-16-22(29)13-24(34)26(30)35/h3-6,14-15,19,22,24H,2,7-13,16-18H2,1H3,(H2,30,35)/t22-,24-/m0/s1. The molecule has 5 rings (SSSR count). The van der Waals surface area contributed by atoms with Crippen molar-refractivity contribution in [3.8, 4) is 17.1 Å². The number of carbonyl (C=O) groups is 2. The zero-order chi connectivity index (χ0) is 26.0. The van der Waals surface area contributed by atoms with E-state index in [0.717, 1.165) is 31.5 Å². The van der Waals surface area contributed by atoms with Crippen LogP contribution >= 0.6 is 0 Å². The number of rotatable bonds is 8. The van der Waals surface area contributed by atoms with Crippen LogP contribution in [0.4, 0.5) is 4.39 Å². The summed E-state index contributed by atoms with van der Waals surface area (Å²) in [6, 6.07) is 5.90. The lowest BCUT2D eigenvalue weighted by atomic mass is 9.70. The van der Waals surface area contributed by atoms with Crippen molar-refractivity contribution in [2.45, 2.75) is 57.7 Å². The van der Waals surface area contributed by atoms with E-state index in [0.29, 0.717) is 35.1 Å². The molecule has 0 spiro atoms. The molecule has 0 bridgehead atoms. The minimum Gasteiger partial charge on any atom is -0.476 e. The lowest BCUT2D eigenvalue weighted by Crippen LogP contribution is -2.44. The van der Waals surface area contributed by atoms with Crippen molar-refractivity contribution in [3.63, 3.8) is 0 Å². The molecule has 3 aliphatic rings. The molecule has 3 heterocycles. The molecular weight excluding hydrogens is 473 g/mol. The van der Waals surface area contributed by atoms with Gasteiger partial charge in [0.15, 0.2) is 0 Å². The highest BCUT2D eigenvalue weighted by atomic mass is 19.1. The van der Waals surface area contributed by atoms with Crippen molar-refractivity contribution in [2.24, 2.45) is 17.1 Å². The number of hydrogen-bond donors (Lipinski definition) is 1. The van der Waals surface area contributed by atoms with Gasteiger partial charge in [-0.2, -0.15) is 0 Å². The van der Waals surface area contributed by atoms with Gasteiger partial charge in [-0.05, 0) is 62.2 Å². The maximum atomic E-state index is 13.8. The summed E-state index contributed by atoms with van der Waals surface area (Å²) in [5.74, 6) is -0.0540. The number of alkyl halides is 1. The number of piperidine rings is 1. The summed E-state index contributed by atoms with van der Waals surface area (Å²) in [4.78, 5) is 37.1. The number of halogens is 1. The Bertz CT molecular complexity index is 1100. The van der Waals surface area contributed by atoms with E-state index in [1.54, 1.807) is 36.7 Å². The van der Waals surface area contributed by atoms with Gasteiger partial charge in [-0.1, -0.05) is 25.5 Å². The first-order valence-corrected chi connectivity index (χ1v) is 13.3. The van der Waals surface area contributed by atoms with Crippen LogP contribution in [0.15, 0.2) is 36.7 Å². The predicted molar refractivity (Wildman–Crippen MR) is 138 cm³/mol. The van der Waals surface area contributed by atoms with Gasteiger partial charge in [0.05, 0.1) is 31.2 Å². The van der Waals surface area contributed by atoms with Crippen LogP contribution in [0.3, 0.4) is 0 Å². The lowest BCUT2D eigenvalue weighted by molar-refractivity contribution is -0.121. The van der Waals surface area contributed by atoms with Crippen molar-refractivity contribution in [2.75, 3.05) is 32.8 Å². The smallest absolute Gasteiger partial charge is 0.254 e. The molecule has 9 heteroatoms. The third-order valence-corrected chi connectivity index (χ3v) is 8.24. The molecule has 198 valence electrons. The average Bonchev–Trinajstić information content (AvgIpc) is 3.29. The Morgan fingerprint density at radius 2 is 1.86 bits per heavy atom. The van der Waals surface area contributed by atoms with Crippen molar-refractivity contribution < 1.29 is 18.7 Å². The van der Waals surface area contributed by atoms with E-state index in [9.17, 15) is 14.0 Å². The summed E-state index contributed by atoms with van der Waals surface area (Å²) >= 11 is 0. The molecule has 2 atom stereocenters. The Morgan fingerprint density at radius 1 is 1.14 bits per heavy atom. The van der Waals surface area contributed by atoms with Crippen molar-refractivity contribution >= 4 is 11.8 Å². The van der Waals surface area contributed by atoms with E-state index < -0.39 is 24.0 Å². The van der Waals surface area contributed by atoms with Crippen LogP contribution in [-0.2, 0) is 4.79 Å². The number of hydrogen-bond acceptors (Lipinski definition) is 6. The number of aromatic nitrogens is 2. The molecule has 1 saturated carbocycles. The molecule has 1 aromatic carbocycles. The highest BCUT2D eigenvalue weighted by Gasteiger charge is 2.39. The number of primary amides is 1. The van der Waals surface area contributed by atoms with Crippen LogP contribution in [0.2, 0.25) is 0 Å². The first kappa shape index (κ1) is 25.6. The van der Waals surface area contributed by atoms with E-state index in [4.69, 9.17) is 10.5 Å². The third kappa shape index (κ3) is 5.92. The van der Waals surface area contributed by atoms with Crippen LogP contribution in [-0.4, -0.2) is 76.6 Å². The summed E-state index contributed by atoms with van der Waals surface area (Å²) < 4.78 is 19.7. The molecule has 1 aliphatic carbocycles. The van der Waals surface area contributed by atoms with Gasteiger partial charge >= 0.3 is 0 Å². The molecule has 0 radical (unpaired) electrons.